The molecule has 2 aromatic carbocycles. The first-order chi connectivity index (χ1) is 13.7. The van der Waals surface area contributed by atoms with Crippen molar-refractivity contribution in [3.8, 4) is 5.75 Å². The minimum absolute atomic E-state index is 0.0212. The SMILES string of the molecule is COc1ccccc1NC(=O)c1nc[nH]c1C(=O)Nc1nc2ccccc2[nH]1. The summed E-state index contributed by atoms with van der Waals surface area (Å²) in [4.78, 5) is 39.2. The molecular formula is C19H16N6O3. The fourth-order valence-corrected chi connectivity index (χ4v) is 2.75. The summed E-state index contributed by atoms with van der Waals surface area (Å²) in [5, 5.41) is 5.33. The Morgan fingerprint density at radius 3 is 2.61 bits per heavy atom. The van der Waals surface area contributed by atoms with Gasteiger partial charge in [-0.2, -0.15) is 0 Å². The first kappa shape index (κ1) is 17.3. The van der Waals surface area contributed by atoms with Crippen LogP contribution in [0.25, 0.3) is 11.0 Å². The molecule has 0 unspecified atom stereocenters. The van der Waals surface area contributed by atoms with Crippen molar-refractivity contribution in [2.75, 3.05) is 17.7 Å². The van der Waals surface area contributed by atoms with Gasteiger partial charge in [0.25, 0.3) is 11.8 Å². The third-order valence-electron chi connectivity index (χ3n) is 4.06. The normalized spacial score (nSPS) is 10.6. The van der Waals surface area contributed by atoms with Gasteiger partial charge in [-0.15, -0.1) is 0 Å². The highest BCUT2D eigenvalue weighted by atomic mass is 16.5. The Balaban J connectivity index is 1.54. The molecule has 4 rings (SSSR count). The zero-order valence-electron chi connectivity index (χ0n) is 14.8. The quantitative estimate of drug-likeness (QED) is 0.426. The molecule has 140 valence electrons. The van der Waals surface area contributed by atoms with Crippen LogP contribution >= 0.6 is 0 Å². The second-order valence-electron chi connectivity index (χ2n) is 5.84. The smallest absolute Gasteiger partial charge is 0.276 e. The maximum absolute atomic E-state index is 12.6. The van der Waals surface area contributed by atoms with Crippen molar-refractivity contribution in [3.63, 3.8) is 0 Å². The Morgan fingerprint density at radius 1 is 1.00 bits per heavy atom. The lowest BCUT2D eigenvalue weighted by Crippen LogP contribution is -2.21. The third-order valence-corrected chi connectivity index (χ3v) is 4.06. The highest BCUT2D eigenvalue weighted by molar-refractivity contribution is 6.13. The molecule has 0 aliphatic rings. The zero-order valence-corrected chi connectivity index (χ0v) is 14.8. The average Bonchev–Trinajstić information content (AvgIpc) is 3.35. The van der Waals surface area contributed by atoms with Crippen LogP contribution < -0.4 is 15.4 Å². The fourth-order valence-electron chi connectivity index (χ4n) is 2.75. The van der Waals surface area contributed by atoms with Crippen LogP contribution in [0, 0.1) is 0 Å². The summed E-state index contributed by atoms with van der Waals surface area (Å²) >= 11 is 0. The first-order valence-corrected chi connectivity index (χ1v) is 8.39. The molecule has 9 heteroatoms. The Labute approximate surface area is 159 Å². The summed E-state index contributed by atoms with van der Waals surface area (Å²) in [7, 11) is 1.51. The molecule has 0 bridgehead atoms. The Kier molecular flexibility index (Phi) is 4.47. The summed E-state index contributed by atoms with van der Waals surface area (Å²) in [5.74, 6) is -0.307. The van der Waals surface area contributed by atoms with E-state index in [0.29, 0.717) is 11.4 Å². The predicted octanol–water partition coefficient (Wildman–Crippen LogP) is 2.80. The number of methoxy groups -OCH3 is 1. The molecule has 0 spiro atoms. The van der Waals surface area contributed by atoms with E-state index in [1.165, 1.54) is 13.4 Å². The molecule has 4 aromatic rings. The van der Waals surface area contributed by atoms with E-state index in [2.05, 4.69) is 30.6 Å². The largest absolute Gasteiger partial charge is 0.495 e. The monoisotopic (exact) mass is 376 g/mol. The van der Waals surface area contributed by atoms with Crippen LogP contribution in [0.5, 0.6) is 5.75 Å². The number of ether oxygens (including phenoxy) is 1. The third kappa shape index (κ3) is 3.28. The van der Waals surface area contributed by atoms with Crippen LogP contribution in [0.3, 0.4) is 0 Å². The first-order valence-electron chi connectivity index (χ1n) is 8.39. The number of imidazole rings is 2. The lowest BCUT2D eigenvalue weighted by atomic mass is 10.2. The van der Waals surface area contributed by atoms with Crippen molar-refractivity contribution in [2.24, 2.45) is 0 Å². The number of anilines is 2. The lowest BCUT2D eigenvalue weighted by Gasteiger charge is -2.09. The van der Waals surface area contributed by atoms with Gasteiger partial charge in [-0.25, -0.2) is 9.97 Å². The van der Waals surface area contributed by atoms with E-state index in [0.717, 1.165) is 11.0 Å². The number of amides is 2. The molecule has 0 aliphatic heterocycles. The number of para-hydroxylation sites is 4. The van der Waals surface area contributed by atoms with E-state index in [1.807, 2.05) is 24.3 Å². The summed E-state index contributed by atoms with van der Waals surface area (Å²) < 4.78 is 5.21. The van der Waals surface area contributed by atoms with Crippen LogP contribution in [-0.2, 0) is 0 Å². The summed E-state index contributed by atoms with van der Waals surface area (Å²) in [5.41, 5.74) is 1.96. The van der Waals surface area contributed by atoms with Crippen LogP contribution in [-0.4, -0.2) is 38.9 Å². The second kappa shape index (κ2) is 7.23. The number of benzene rings is 2. The van der Waals surface area contributed by atoms with Gasteiger partial charge in [-0.3, -0.25) is 14.9 Å². The molecular weight excluding hydrogens is 360 g/mol. The number of aromatic amines is 2. The van der Waals surface area contributed by atoms with Crippen LogP contribution in [0.15, 0.2) is 54.9 Å². The van der Waals surface area contributed by atoms with Gasteiger partial charge in [0, 0.05) is 0 Å². The van der Waals surface area contributed by atoms with Gasteiger partial charge < -0.3 is 20.0 Å². The molecule has 9 nitrogen and oxygen atoms in total. The molecule has 4 N–H and O–H groups in total. The van der Waals surface area contributed by atoms with Crippen molar-refractivity contribution in [3.05, 3.63) is 66.2 Å². The fraction of sp³-hybridized carbons (Fsp3) is 0.0526. The minimum atomic E-state index is -0.541. The van der Waals surface area contributed by atoms with Crippen molar-refractivity contribution in [1.82, 2.24) is 19.9 Å². The average molecular weight is 376 g/mol. The number of hydrogen-bond acceptors (Lipinski definition) is 5. The number of aromatic nitrogens is 4. The summed E-state index contributed by atoms with van der Waals surface area (Å²) in [6.07, 6.45) is 1.28. The zero-order chi connectivity index (χ0) is 19.5. The number of nitrogens with zero attached hydrogens (tertiary/aromatic N) is 2. The number of carbonyl (C=O) groups is 2. The van der Waals surface area contributed by atoms with Gasteiger partial charge in [0.05, 0.1) is 30.2 Å². The number of H-pyrrole nitrogens is 2. The Hall–Kier alpha value is -4.14. The molecule has 2 heterocycles. The molecule has 0 fully saturated rings. The van der Waals surface area contributed by atoms with Crippen LogP contribution in [0.2, 0.25) is 0 Å². The summed E-state index contributed by atoms with van der Waals surface area (Å²) in [6.45, 7) is 0. The van der Waals surface area contributed by atoms with Crippen LogP contribution in [0.4, 0.5) is 11.6 Å². The summed E-state index contributed by atoms with van der Waals surface area (Å²) in [6, 6.07) is 14.3. The standard InChI is InChI=1S/C19H16N6O3/c1-28-14-9-5-4-8-13(14)22-17(26)15-16(21-10-20-15)18(27)25-19-23-11-6-2-3-7-12(11)24-19/h2-10H,1H3,(H,20,21)(H,22,26)(H2,23,24,25,27). The number of hydrogen-bond donors (Lipinski definition) is 4. The van der Waals surface area contributed by atoms with E-state index in [1.54, 1.807) is 24.3 Å². The van der Waals surface area contributed by atoms with Crippen molar-refractivity contribution in [1.29, 1.82) is 0 Å². The van der Waals surface area contributed by atoms with Gasteiger partial charge in [0.2, 0.25) is 5.95 Å². The van der Waals surface area contributed by atoms with Crippen molar-refractivity contribution < 1.29 is 14.3 Å². The highest BCUT2D eigenvalue weighted by Gasteiger charge is 2.22. The molecule has 0 atom stereocenters. The predicted molar refractivity (Wildman–Crippen MR) is 104 cm³/mol. The maximum atomic E-state index is 12.6. The Bertz CT molecular complexity index is 1130. The van der Waals surface area contributed by atoms with Crippen molar-refractivity contribution in [2.45, 2.75) is 0 Å². The molecule has 28 heavy (non-hydrogen) atoms. The lowest BCUT2D eigenvalue weighted by molar-refractivity contribution is 0.0985. The molecule has 2 amide bonds. The number of nitrogens with one attached hydrogen (secondary N) is 4. The van der Waals surface area contributed by atoms with Gasteiger partial charge in [0.1, 0.15) is 11.4 Å². The maximum Gasteiger partial charge on any atom is 0.276 e. The van der Waals surface area contributed by atoms with E-state index >= 15 is 0 Å². The van der Waals surface area contributed by atoms with Gasteiger partial charge in [0.15, 0.2) is 5.69 Å². The van der Waals surface area contributed by atoms with E-state index in [-0.39, 0.29) is 17.3 Å². The molecule has 2 aromatic heterocycles. The van der Waals surface area contributed by atoms with E-state index in [4.69, 9.17) is 4.74 Å². The topological polar surface area (TPSA) is 125 Å². The van der Waals surface area contributed by atoms with E-state index in [9.17, 15) is 9.59 Å². The molecule has 0 radical (unpaired) electrons. The molecule has 0 saturated heterocycles. The van der Waals surface area contributed by atoms with Gasteiger partial charge in [-0.05, 0) is 24.3 Å². The number of fused-ring (bicyclic) bond motifs is 1. The minimum Gasteiger partial charge on any atom is -0.495 e. The highest BCUT2D eigenvalue weighted by Crippen LogP contribution is 2.24. The number of carbonyl (C=O) groups excluding carboxylic acids is 2. The van der Waals surface area contributed by atoms with Gasteiger partial charge in [-0.1, -0.05) is 24.3 Å². The second-order valence-corrected chi connectivity index (χ2v) is 5.84. The van der Waals surface area contributed by atoms with Crippen molar-refractivity contribution >= 4 is 34.5 Å². The van der Waals surface area contributed by atoms with E-state index < -0.39 is 11.8 Å². The van der Waals surface area contributed by atoms with Crippen LogP contribution in [0.1, 0.15) is 21.0 Å². The number of rotatable bonds is 5. The van der Waals surface area contributed by atoms with Gasteiger partial charge >= 0.3 is 0 Å². The Morgan fingerprint density at radius 2 is 1.79 bits per heavy atom. The molecule has 0 aliphatic carbocycles. The molecule has 0 saturated carbocycles.